The first-order valence-electron chi connectivity index (χ1n) is 17.9. The maximum atomic E-state index is 11.7. The zero-order valence-corrected chi connectivity index (χ0v) is 27.9. The fourth-order valence-corrected chi connectivity index (χ4v) is 7.27. The number of carbonyl (C=O) groups is 1. The molecular formula is C43H50N2O. The summed E-state index contributed by atoms with van der Waals surface area (Å²) in [5.74, 6) is 0. The van der Waals surface area contributed by atoms with Gasteiger partial charge in [-0.1, -0.05) is 121 Å². The van der Waals surface area contributed by atoms with E-state index >= 15 is 0 Å². The average molecular weight is 611 g/mol. The first kappa shape index (κ1) is 31.9. The highest BCUT2D eigenvalue weighted by molar-refractivity contribution is 6.11. The van der Waals surface area contributed by atoms with Gasteiger partial charge >= 0.3 is 0 Å². The number of rotatable bonds is 17. The van der Waals surface area contributed by atoms with Crippen LogP contribution in [0.15, 0.2) is 78.9 Å². The molecule has 0 fully saturated rings. The van der Waals surface area contributed by atoms with E-state index in [9.17, 15) is 4.79 Å². The molecule has 3 nitrogen and oxygen atoms in total. The van der Waals surface area contributed by atoms with E-state index in [-0.39, 0.29) is 0 Å². The molecule has 238 valence electrons. The number of aromatic nitrogens is 2. The molecule has 46 heavy (non-hydrogen) atoms. The van der Waals surface area contributed by atoms with Crippen LogP contribution in [0.3, 0.4) is 0 Å². The number of aldehydes is 1. The number of fused-ring (bicyclic) bond motifs is 6. The summed E-state index contributed by atoms with van der Waals surface area (Å²) in [6.45, 7) is 6.63. The van der Waals surface area contributed by atoms with Gasteiger partial charge in [-0.2, -0.15) is 0 Å². The van der Waals surface area contributed by atoms with Crippen molar-refractivity contribution in [3.05, 3.63) is 95.6 Å². The highest BCUT2D eigenvalue weighted by Gasteiger charge is 2.13. The lowest BCUT2D eigenvalue weighted by atomic mass is 10.1. The average Bonchev–Trinajstić information content (AvgIpc) is 3.58. The Bertz CT molecular complexity index is 1950. The Hall–Kier alpha value is -4.11. The Morgan fingerprint density at radius 2 is 0.870 bits per heavy atom. The molecule has 0 saturated heterocycles. The highest BCUT2D eigenvalue weighted by atomic mass is 16.1. The number of unbranched alkanes of at least 4 members (excludes halogenated alkanes) is 10. The fraction of sp³-hybridized carbons (Fsp3) is 0.372. The molecule has 0 saturated carbocycles. The summed E-state index contributed by atoms with van der Waals surface area (Å²) in [5, 5.41) is 5.06. The Morgan fingerprint density at radius 3 is 1.39 bits per heavy atom. The van der Waals surface area contributed by atoms with Gasteiger partial charge in [0.15, 0.2) is 0 Å². The Labute approximate surface area is 274 Å². The van der Waals surface area contributed by atoms with Crippen molar-refractivity contribution in [3.8, 4) is 0 Å². The number of nitrogens with zero attached hydrogens (tertiary/aromatic N) is 2. The molecule has 2 heterocycles. The third-order valence-corrected chi connectivity index (χ3v) is 9.78. The first-order chi connectivity index (χ1) is 22.7. The number of hydrogen-bond donors (Lipinski definition) is 0. The van der Waals surface area contributed by atoms with Crippen LogP contribution in [0.1, 0.15) is 112 Å². The van der Waals surface area contributed by atoms with Gasteiger partial charge in [-0.25, -0.2) is 0 Å². The van der Waals surface area contributed by atoms with Crippen molar-refractivity contribution in [1.29, 1.82) is 0 Å². The van der Waals surface area contributed by atoms with Crippen molar-refractivity contribution in [2.75, 3.05) is 0 Å². The minimum Gasteiger partial charge on any atom is -0.340 e. The van der Waals surface area contributed by atoms with Crippen LogP contribution in [0.2, 0.25) is 0 Å². The summed E-state index contributed by atoms with van der Waals surface area (Å²) in [6.07, 6.45) is 21.0. The molecule has 3 heteroatoms. The van der Waals surface area contributed by atoms with Gasteiger partial charge in [0.25, 0.3) is 0 Å². The molecule has 0 N–H and O–H groups in total. The van der Waals surface area contributed by atoms with Gasteiger partial charge < -0.3 is 9.13 Å². The smallest absolute Gasteiger partial charge is 0.150 e. The quantitative estimate of drug-likeness (QED) is 0.0573. The predicted octanol–water partition coefficient (Wildman–Crippen LogP) is 12.6. The van der Waals surface area contributed by atoms with Gasteiger partial charge in [-0.15, -0.1) is 0 Å². The first-order valence-corrected chi connectivity index (χ1v) is 17.9. The van der Waals surface area contributed by atoms with Gasteiger partial charge in [0.05, 0.1) is 0 Å². The molecule has 2 aromatic heterocycles. The number of para-hydroxylation sites is 1. The standard InChI is InChI=1S/C43H50N2O/c1-3-5-7-9-11-15-27-44-40-18-14-13-17-36(40)37-29-33(21-24-41(37)44)19-20-34-22-25-42-38(30-34)39-31-35(32-46)23-26-43(39)45(42)28-16-12-10-8-6-4-2/h13-14,17-26,29-32H,3-12,15-16,27-28H2,1-2H3/b20-19+. The van der Waals surface area contributed by atoms with Crippen LogP contribution in [-0.4, -0.2) is 15.4 Å². The summed E-state index contributed by atoms with van der Waals surface area (Å²) in [6, 6.07) is 28.7. The molecule has 0 spiro atoms. The largest absolute Gasteiger partial charge is 0.340 e. The van der Waals surface area contributed by atoms with Crippen molar-refractivity contribution >= 4 is 62.0 Å². The van der Waals surface area contributed by atoms with Gasteiger partial charge in [0.1, 0.15) is 6.29 Å². The van der Waals surface area contributed by atoms with E-state index in [4.69, 9.17) is 0 Å². The molecule has 0 aliphatic heterocycles. The van der Waals surface area contributed by atoms with Crippen molar-refractivity contribution < 1.29 is 4.79 Å². The lowest BCUT2D eigenvalue weighted by molar-refractivity contribution is 0.112. The maximum Gasteiger partial charge on any atom is 0.150 e. The van der Waals surface area contributed by atoms with Crippen LogP contribution in [0, 0.1) is 0 Å². The lowest BCUT2D eigenvalue weighted by Crippen LogP contribution is -1.98. The summed E-state index contributed by atoms with van der Waals surface area (Å²) >= 11 is 0. The number of benzene rings is 4. The Balaban J connectivity index is 1.26. The molecule has 6 rings (SSSR count). The molecule has 0 amide bonds. The zero-order valence-electron chi connectivity index (χ0n) is 27.9. The monoisotopic (exact) mass is 610 g/mol. The van der Waals surface area contributed by atoms with E-state index < -0.39 is 0 Å². The zero-order chi connectivity index (χ0) is 31.7. The van der Waals surface area contributed by atoms with E-state index in [0.717, 1.165) is 24.9 Å². The van der Waals surface area contributed by atoms with Crippen molar-refractivity contribution in [2.24, 2.45) is 0 Å². The summed E-state index contributed by atoms with van der Waals surface area (Å²) in [7, 11) is 0. The van der Waals surface area contributed by atoms with Crippen LogP contribution < -0.4 is 0 Å². The van der Waals surface area contributed by atoms with Gasteiger partial charge in [0.2, 0.25) is 0 Å². The topological polar surface area (TPSA) is 26.9 Å². The Morgan fingerprint density at radius 1 is 0.457 bits per heavy atom. The summed E-state index contributed by atoms with van der Waals surface area (Å²) < 4.78 is 4.99. The third-order valence-electron chi connectivity index (χ3n) is 9.78. The molecular weight excluding hydrogens is 560 g/mol. The second-order valence-corrected chi connectivity index (χ2v) is 13.1. The van der Waals surface area contributed by atoms with E-state index in [1.807, 2.05) is 6.07 Å². The number of carbonyl (C=O) groups excluding carboxylic acids is 1. The molecule has 0 atom stereocenters. The Kier molecular flexibility index (Phi) is 10.7. The van der Waals surface area contributed by atoms with Crippen LogP contribution in [0.4, 0.5) is 0 Å². The van der Waals surface area contributed by atoms with Crippen LogP contribution in [-0.2, 0) is 13.1 Å². The SMILES string of the molecule is CCCCCCCCn1c2ccccc2c2cc(/C=C/c3ccc4c(c3)c3cc(C=O)ccc3n4CCCCCCCC)ccc21. The predicted molar refractivity (Wildman–Crippen MR) is 200 cm³/mol. The van der Waals surface area contributed by atoms with E-state index in [2.05, 4.69) is 108 Å². The van der Waals surface area contributed by atoms with E-state index in [1.54, 1.807) is 0 Å². The fourth-order valence-electron chi connectivity index (χ4n) is 7.27. The minimum atomic E-state index is 0.732. The van der Waals surface area contributed by atoms with Crippen LogP contribution in [0.5, 0.6) is 0 Å². The number of aryl methyl sites for hydroxylation is 2. The van der Waals surface area contributed by atoms with Crippen LogP contribution in [0.25, 0.3) is 55.8 Å². The van der Waals surface area contributed by atoms with Crippen LogP contribution >= 0.6 is 0 Å². The lowest BCUT2D eigenvalue weighted by Gasteiger charge is -2.08. The molecule has 0 bridgehead atoms. The van der Waals surface area contributed by atoms with E-state index in [1.165, 1.54) is 132 Å². The molecule has 4 aromatic carbocycles. The third kappa shape index (κ3) is 6.99. The maximum absolute atomic E-state index is 11.7. The van der Waals surface area contributed by atoms with E-state index in [0.29, 0.717) is 0 Å². The van der Waals surface area contributed by atoms with Gasteiger partial charge in [-0.3, -0.25) is 4.79 Å². The second-order valence-electron chi connectivity index (χ2n) is 13.1. The molecule has 6 aromatic rings. The van der Waals surface area contributed by atoms with Gasteiger partial charge in [0, 0.05) is 62.3 Å². The second kappa shape index (κ2) is 15.5. The van der Waals surface area contributed by atoms with Crippen molar-refractivity contribution in [2.45, 2.75) is 104 Å². The minimum absolute atomic E-state index is 0.732. The molecule has 0 aliphatic rings. The summed E-state index contributed by atoms with van der Waals surface area (Å²) in [4.78, 5) is 11.7. The summed E-state index contributed by atoms with van der Waals surface area (Å²) in [5.41, 5.74) is 8.26. The molecule has 0 radical (unpaired) electrons. The molecule has 0 aliphatic carbocycles. The molecule has 0 unspecified atom stereocenters. The van der Waals surface area contributed by atoms with Crippen molar-refractivity contribution in [1.82, 2.24) is 9.13 Å². The number of hydrogen-bond acceptors (Lipinski definition) is 1. The van der Waals surface area contributed by atoms with Crippen molar-refractivity contribution in [3.63, 3.8) is 0 Å². The highest BCUT2D eigenvalue weighted by Crippen LogP contribution is 2.33. The van der Waals surface area contributed by atoms with Gasteiger partial charge in [-0.05, 0) is 72.5 Å². The normalized spacial score (nSPS) is 12.0.